The predicted octanol–water partition coefficient (Wildman–Crippen LogP) is 3.19. The lowest BCUT2D eigenvalue weighted by Gasteiger charge is -2.36. The fraction of sp³-hybridized carbons (Fsp3) is 0.417. The van der Waals surface area contributed by atoms with E-state index < -0.39 is 0 Å². The molecule has 0 saturated carbocycles. The van der Waals surface area contributed by atoms with Gasteiger partial charge in [0.2, 0.25) is 11.8 Å². The Balaban J connectivity index is 1.30. The molecule has 30 heavy (non-hydrogen) atoms. The normalized spacial score (nSPS) is 17.5. The molecule has 6 nitrogen and oxygen atoms in total. The number of hydrogen-bond acceptors (Lipinski definition) is 4. The van der Waals surface area contributed by atoms with Crippen molar-refractivity contribution in [3.05, 3.63) is 53.6 Å². The number of carbonyl (C=O) groups excluding carboxylic acids is 2. The van der Waals surface area contributed by atoms with Gasteiger partial charge in [0, 0.05) is 56.2 Å². The molecular weight excluding hydrogens is 376 g/mol. The Morgan fingerprint density at radius 1 is 1.00 bits per heavy atom. The van der Waals surface area contributed by atoms with Crippen LogP contribution < -0.4 is 15.1 Å². The Morgan fingerprint density at radius 2 is 1.77 bits per heavy atom. The molecule has 2 aromatic carbocycles. The highest BCUT2D eigenvalue weighted by molar-refractivity contribution is 5.97. The minimum Gasteiger partial charge on any atom is -0.369 e. The van der Waals surface area contributed by atoms with E-state index in [4.69, 9.17) is 0 Å². The van der Waals surface area contributed by atoms with Crippen LogP contribution >= 0.6 is 0 Å². The lowest BCUT2D eigenvalue weighted by atomic mass is 10.1. The lowest BCUT2D eigenvalue weighted by molar-refractivity contribution is -0.118. The van der Waals surface area contributed by atoms with Crippen LogP contribution in [-0.2, 0) is 9.59 Å². The van der Waals surface area contributed by atoms with E-state index in [1.807, 2.05) is 24.3 Å². The van der Waals surface area contributed by atoms with Gasteiger partial charge in [-0.3, -0.25) is 14.5 Å². The molecule has 2 aliphatic rings. The number of aryl methyl sites for hydroxylation is 1. The van der Waals surface area contributed by atoms with E-state index in [-0.39, 0.29) is 11.8 Å². The average molecular weight is 407 g/mol. The third-order valence-corrected chi connectivity index (χ3v) is 6.17. The fourth-order valence-corrected chi connectivity index (χ4v) is 4.30. The van der Waals surface area contributed by atoms with Crippen molar-refractivity contribution in [2.24, 2.45) is 0 Å². The van der Waals surface area contributed by atoms with Crippen LogP contribution in [0.5, 0.6) is 0 Å². The molecule has 0 unspecified atom stereocenters. The monoisotopic (exact) mass is 406 g/mol. The maximum Gasteiger partial charge on any atom is 0.238 e. The topological polar surface area (TPSA) is 55.9 Å². The van der Waals surface area contributed by atoms with Crippen LogP contribution in [0.1, 0.15) is 24.0 Å². The number of rotatable bonds is 5. The van der Waals surface area contributed by atoms with Crippen LogP contribution in [0.4, 0.5) is 17.1 Å². The van der Waals surface area contributed by atoms with Gasteiger partial charge < -0.3 is 15.1 Å². The molecule has 2 aromatic rings. The summed E-state index contributed by atoms with van der Waals surface area (Å²) in [6.07, 6.45) is 1.49. The Kier molecular flexibility index (Phi) is 6.04. The van der Waals surface area contributed by atoms with E-state index in [2.05, 4.69) is 47.2 Å². The Bertz CT molecular complexity index is 935. The predicted molar refractivity (Wildman–Crippen MR) is 121 cm³/mol. The minimum atomic E-state index is -0.0138. The van der Waals surface area contributed by atoms with Gasteiger partial charge in [0.05, 0.1) is 6.54 Å². The Labute approximate surface area is 178 Å². The number of amides is 2. The zero-order valence-electron chi connectivity index (χ0n) is 17.9. The highest BCUT2D eigenvalue weighted by Gasteiger charge is 2.23. The second-order valence-corrected chi connectivity index (χ2v) is 8.23. The van der Waals surface area contributed by atoms with Crippen molar-refractivity contribution < 1.29 is 9.59 Å². The molecule has 0 bridgehead atoms. The van der Waals surface area contributed by atoms with Gasteiger partial charge in [-0.15, -0.1) is 0 Å². The highest BCUT2D eigenvalue weighted by Crippen LogP contribution is 2.25. The summed E-state index contributed by atoms with van der Waals surface area (Å²) in [5, 5.41) is 3.00. The van der Waals surface area contributed by atoms with Crippen molar-refractivity contribution in [1.82, 2.24) is 4.90 Å². The van der Waals surface area contributed by atoms with Crippen molar-refractivity contribution in [3.8, 4) is 0 Å². The Hall–Kier alpha value is -2.86. The van der Waals surface area contributed by atoms with E-state index in [1.54, 1.807) is 4.90 Å². The Morgan fingerprint density at radius 3 is 2.50 bits per heavy atom. The van der Waals surface area contributed by atoms with Gasteiger partial charge in [-0.2, -0.15) is 0 Å². The van der Waals surface area contributed by atoms with Crippen LogP contribution in [0.15, 0.2) is 42.5 Å². The van der Waals surface area contributed by atoms with Crippen molar-refractivity contribution >= 4 is 28.9 Å². The molecule has 6 heteroatoms. The highest BCUT2D eigenvalue weighted by atomic mass is 16.2. The van der Waals surface area contributed by atoms with E-state index in [9.17, 15) is 9.59 Å². The van der Waals surface area contributed by atoms with Crippen LogP contribution in [0, 0.1) is 13.8 Å². The van der Waals surface area contributed by atoms with E-state index in [0.29, 0.717) is 13.0 Å². The molecule has 2 saturated heterocycles. The van der Waals surface area contributed by atoms with E-state index in [1.165, 1.54) is 16.8 Å². The maximum absolute atomic E-state index is 12.6. The summed E-state index contributed by atoms with van der Waals surface area (Å²) in [5.74, 6) is 0.139. The first-order valence-electron chi connectivity index (χ1n) is 10.7. The van der Waals surface area contributed by atoms with Gasteiger partial charge in [0.25, 0.3) is 0 Å². The molecule has 0 aliphatic carbocycles. The SMILES string of the molecule is Cc1cccc(N2CCN(CC(=O)Nc3cccc(N4CCCC4=O)c3)CC2)c1C. The summed E-state index contributed by atoms with van der Waals surface area (Å²) in [6, 6.07) is 14.0. The molecule has 158 valence electrons. The van der Waals surface area contributed by atoms with E-state index >= 15 is 0 Å². The summed E-state index contributed by atoms with van der Waals surface area (Å²) in [4.78, 5) is 31.0. The first-order chi connectivity index (χ1) is 14.5. The van der Waals surface area contributed by atoms with Gasteiger partial charge in [-0.25, -0.2) is 0 Å². The summed E-state index contributed by atoms with van der Waals surface area (Å²) in [7, 11) is 0. The van der Waals surface area contributed by atoms with Crippen molar-refractivity contribution in [3.63, 3.8) is 0 Å². The molecule has 0 atom stereocenters. The molecule has 0 radical (unpaired) electrons. The zero-order chi connectivity index (χ0) is 21.1. The van der Waals surface area contributed by atoms with Crippen LogP contribution in [0.2, 0.25) is 0 Å². The number of carbonyl (C=O) groups is 2. The van der Waals surface area contributed by atoms with E-state index in [0.717, 1.165) is 50.5 Å². The summed E-state index contributed by atoms with van der Waals surface area (Å²) in [6.45, 7) is 9.03. The number of nitrogens with one attached hydrogen (secondary N) is 1. The number of anilines is 3. The number of hydrogen-bond donors (Lipinski definition) is 1. The molecule has 0 aromatic heterocycles. The number of nitrogens with zero attached hydrogens (tertiary/aromatic N) is 3. The molecule has 2 amide bonds. The van der Waals surface area contributed by atoms with Gasteiger partial charge in [-0.1, -0.05) is 18.2 Å². The molecular formula is C24H30N4O2. The summed E-state index contributed by atoms with van der Waals surface area (Å²) < 4.78 is 0. The molecule has 4 rings (SSSR count). The summed E-state index contributed by atoms with van der Waals surface area (Å²) in [5.41, 5.74) is 5.54. The summed E-state index contributed by atoms with van der Waals surface area (Å²) >= 11 is 0. The molecule has 2 fully saturated rings. The molecule has 2 aliphatic heterocycles. The first kappa shape index (κ1) is 20.4. The zero-order valence-corrected chi connectivity index (χ0v) is 17.9. The quantitative estimate of drug-likeness (QED) is 0.829. The third kappa shape index (κ3) is 4.49. The van der Waals surface area contributed by atoms with Gasteiger partial charge in [0.1, 0.15) is 0 Å². The first-order valence-corrected chi connectivity index (χ1v) is 10.7. The van der Waals surface area contributed by atoms with Gasteiger partial charge >= 0.3 is 0 Å². The molecule has 1 N–H and O–H groups in total. The molecule has 2 heterocycles. The molecule has 0 spiro atoms. The second kappa shape index (κ2) is 8.88. The largest absolute Gasteiger partial charge is 0.369 e. The third-order valence-electron chi connectivity index (χ3n) is 6.17. The number of benzene rings is 2. The second-order valence-electron chi connectivity index (χ2n) is 8.23. The average Bonchev–Trinajstić information content (AvgIpc) is 3.17. The van der Waals surface area contributed by atoms with Crippen LogP contribution in [-0.4, -0.2) is 56.0 Å². The van der Waals surface area contributed by atoms with Crippen molar-refractivity contribution in [2.45, 2.75) is 26.7 Å². The maximum atomic E-state index is 12.6. The van der Waals surface area contributed by atoms with Crippen LogP contribution in [0.3, 0.4) is 0 Å². The number of piperazine rings is 1. The van der Waals surface area contributed by atoms with Gasteiger partial charge in [0.15, 0.2) is 0 Å². The smallest absolute Gasteiger partial charge is 0.238 e. The fourth-order valence-electron chi connectivity index (χ4n) is 4.30. The minimum absolute atomic E-state index is 0.0138. The van der Waals surface area contributed by atoms with Crippen molar-refractivity contribution in [1.29, 1.82) is 0 Å². The van der Waals surface area contributed by atoms with Gasteiger partial charge in [-0.05, 0) is 55.7 Å². The van der Waals surface area contributed by atoms with Crippen molar-refractivity contribution in [2.75, 3.05) is 54.4 Å². The standard InChI is InChI=1S/C24H30N4O2/c1-18-6-3-9-22(19(18)2)27-14-12-26(13-15-27)17-23(29)25-20-7-4-8-21(16-20)28-11-5-10-24(28)30/h3-4,6-9,16H,5,10-15,17H2,1-2H3,(H,25,29). The van der Waals surface area contributed by atoms with Crippen LogP contribution in [0.25, 0.3) is 0 Å². The lowest BCUT2D eigenvalue weighted by Crippen LogP contribution is -2.48.